The van der Waals surface area contributed by atoms with Gasteiger partial charge in [0.1, 0.15) is 0 Å². The summed E-state index contributed by atoms with van der Waals surface area (Å²) in [5.74, 6) is 0.406. The van der Waals surface area contributed by atoms with Gasteiger partial charge in [0.25, 0.3) is 0 Å². The first-order valence-electron chi connectivity index (χ1n) is 7.25. The zero-order chi connectivity index (χ0) is 14.1. The highest BCUT2D eigenvalue weighted by molar-refractivity contribution is 6.47. The Kier molecular flexibility index (Phi) is 4.07. The average molecular weight is 260 g/mol. The Labute approximate surface area is 117 Å². The van der Waals surface area contributed by atoms with Gasteiger partial charge in [-0.15, -0.1) is 0 Å². The van der Waals surface area contributed by atoms with Crippen molar-refractivity contribution in [2.75, 3.05) is 0 Å². The Morgan fingerprint density at radius 3 is 2.00 bits per heavy atom. The fourth-order valence-electron chi connectivity index (χ4n) is 2.43. The molecule has 0 radical (unpaired) electrons. The van der Waals surface area contributed by atoms with E-state index in [4.69, 9.17) is 9.31 Å². The zero-order valence-corrected chi connectivity index (χ0v) is 12.8. The molecule has 1 aliphatic heterocycles. The summed E-state index contributed by atoms with van der Waals surface area (Å²) >= 11 is 0. The highest BCUT2D eigenvalue weighted by Crippen LogP contribution is 2.41. The van der Waals surface area contributed by atoms with Crippen LogP contribution in [0.25, 0.3) is 0 Å². The summed E-state index contributed by atoms with van der Waals surface area (Å²) in [6, 6.07) is 10.6. The van der Waals surface area contributed by atoms with Crippen LogP contribution < -0.4 is 0 Å². The average Bonchev–Trinajstić information content (AvgIpc) is 2.56. The molecule has 104 valence electrons. The summed E-state index contributed by atoms with van der Waals surface area (Å²) in [5, 5.41) is 0. The molecule has 0 unspecified atom stereocenters. The number of benzene rings is 1. The number of hydrogen-bond donors (Lipinski definition) is 0. The second kappa shape index (κ2) is 5.30. The molecule has 0 saturated carbocycles. The van der Waals surface area contributed by atoms with E-state index in [2.05, 4.69) is 65.0 Å². The molecule has 0 bridgehead atoms. The van der Waals surface area contributed by atoms with Crippen molar-refractivity contribution >= 4 is 7.12 Å². The number of rotatable bonds is 4. The minimum absolute atomic E-state index is 0.102. The third-order valence-electron chi connectivity index (χ3n) is 4.52. The molecular formula is C16H25BO2. The molecule has 2 nitrogen and oxygen atoms in total. The van der Waals surface area contributed by atoms with Gasteiger partial charge in [-0.3, -0.25) is 0 Å². The van der Waals surface area contributed by atoms with Gasteiger partial charge in [0.05, 0.1) is 11.2 Å². The van der Waals surface area contributed by atoms with Crippen molar-refractivity contribution in [2.45, 2.75) is 64.5 Å². The van der Waals surface area contributed by atoms with Crippen molar-refractivity contribution in [1.82, 2.24) is 0 Å². The van der Waals surface area contributed by atoms with Crippen LogP contribution in [0.1, 0.15) is 46.6 Å². The maximum Gasteiger partial charge on any atom is 0.461 e. The molecule has 0 spiro atoms. The maximum atomic E-state index is 6.17. The van der Waals surface area contributed by atoms with E-state index in [1.54, 1.807) is 0 Å². The summed E-state index contributed by atoms with van der Waals surface area (Å²) in [4.78, 5) is 0. The molecule has 1 atom stereocenters. The molecule has 1 aromatic rings. The van der Waals surface area contributed by atoms with E-state index in [9.17, 15) is 0 Å². The molecule has 0 amide bonds. The van der Waals surface area contributed by atoms with Crippen LogP contribution in [0, 0.1) is 0 Å². The quantitative estimate of drug-likeness (QED) is 0.759. The fraction of sp³-hybridized carbons (Fsp3) is 0.625. The fourth-order valence-corrected chi connectivity index (χ4v) is 2.43. The first kappa shape index (κ1) is 14.6. The second-order valence-corrected chi connectivity index (χ2v) is 6.48. The third-order valence-corrected chi connectivity index (χ3v) is 4.52. The summed E-state index contributed by atoms with van der Waals surface area (Å²) in [6.07, 6.45) is 2.07. The summed E-state index contributed by atoms with van der Waals surface area (Å²) in [6.45, 7) is 10.7. The predicted octanol–water partition coefficient (Wildman–Crippen LogP) is 4.10. The Hall–Kier alpha value is -0.795. The maximum absolute atomic E-state index is 6.17. The lowest BCUT2D eigenvalue weighted by molar-refractivity contribution is 0.00578. The van der Waals surface area contributed by atoms with Crippen LogP contribution in [-0.4, -0.2) is 18.3 Å². The smallest absolute Gasteiger partial charge is 0.403 e. The first-order chi connectivity index (χ1) is 8.86. The van der Waals surface area contributed by atoms with Crippen molar-refractivity contribution in [3.8, 4) is 0 Å². The third kappa shape index (κ3) is 3.03. The van der Waals surface area contributed by atoms with E-state index in [-0.39, 0.29) is 18.3 Å². The minimum Gasteiger partial charge on any atom is -0.403 e. The van der Waals surface area contributed by atoms with Gasteiger partial charge < -0.3 is 9.31 Å². The Balaban J connectivity index is 2.08. The van der Waals surface area contributed by atoms with Crippen LogP contribution in [0.5, 0.6) is 0 Å². The largest absolute Gasteiger partial charge is 0.461 e. The van der Waals surface area contributed by atoms with Crippen molar-refractivity contribution in [3.05, 3.63) is 35.9 Å². The molecule has 1 aromatic carbocycles. The van der Waals surface area contributed by atoms with Crippen molar-refractivity contribution < 1.29 is 9.31 Å². The molecule has 1 aliphatic rings. The van der Waals surface area contributed by atoms with E-state index in [0.717, 1.165) is 12.8 Å². The lowest BCUT2D eigenvalue weighted by Gasteiger charge is -2.32. The molecule has 19 heavy (non-hydrogen) atoms. The number of hydrogen-bond acceptors (Lipinski definition) is 2. The molecule has 1 heterocycles. The summed E-state index contributed by atoms with van der Waals surface area (Å²) in [7, 11) is -0.102. The van der Waals surface area contributed by atoms with Gasteiger partial charge in [0.15, 0.2) is 0 Å². The van der Waals surface area contributed by atoms with Gasteiger partial charge in [0.2, 0.25) is 0 Å². The molecule has 2 rings (SSSR count). The van der Waals surface area contributed by atoms with Crippen molar-refractivity contribution in [3.63, 3.8) is 0 Å². The molecule has 0 aliphatic carbocycles. The molecule has 0 aromatic heterocycles. The molecule has 0 N–H and O–H groups in total. The standard InChI is InChI=1S/C16H25BO2/c1-6-14(12-13-10-8-7-9-11-13)17-18-15(2,3)16(4,5)19-17/h7-11,14H,6,12H2,1-5H3/t14-/m0/s1. The monoisotopic (exact) mass is 260 g/mol. The van der Waals surface area contributed by atoms with Crippen LogP contribution in [0.2, 0.25) is 5.82 Å². The van der Waals surface area contributed by atoms with Gasteiger partial charge in [0, 0.05) is 0 Å². The van der Waals surface area contributed by atoms with Crippen LogP contribution >= 0.6 is 0 Å². The SMILES string of the molecule is CC[C@@H](Cc1ccccc1)B1OC(C)(C)C(C)(C)O1. The van der Waals surface area contributed by atoms with E-state index in [1.165, 1.54) is 5.56 Å². The molecular weight excluding hydrogens is 235 g/mol. The Morgan fingerprint density at radius 2 is 1.53 bits per heavy atom. The highest BCUT2D eigenvalue weighted by Gasteiger charge is 2.53. The van der Waals surface area contributed by atoms with Gasteiger partial charge in [-0.1, -0.05) is 43.7 Å². The van der Waals surface area contributed by atoms with E-state index < -0.39 is 0 Å². The Morgan fingerprint density at radius 1 is 1.00 bits per heavy atom. The second-order valence-electron chi connectivity index (χ2n) is 6.48. The van der Waals surface area contributed by atoms with E-state index in [0.29, 0.717) is 5.82 Å². The highest BCUT2D eigenvalue weighted by atomic mass is 16.7. The molecule has 1 saturated heterocycles. The van der Waals surface area contributed by atoms with E-state index in [1.807, 2.05) is 0 Å². The molecule has 1 fully saturated rings. The van der Waals surface area contributed by atoms with Gasteiger partial charge in [-0.2, -0.15) is 0 Å². The van der Waals surface area contributed by atoms with Crippen LogP contribution in [0.3, 0.4) is 0 Å². The van der Waals surface area contributed by atoms with Gasteiger partial charge in [-0.25, -0.2) is 0 Å². The van der Waals surface area contributed by atoms with Crippen molar-refractivity contribution in [1.29, 1.82) is 0 Å². The topological polar surface area (TPSA) is 18.5 Å². The zero-order valence-electron chi connectivity index (χ0n) is 12.8. The minimum atomic E-state index is -0.234. The first-order valence-corrected chi connectivity index (χ1v) is 7.25. The van der Waals surface area contributed by atoms with Gasteiger partial charge in [-0.05, 0) is 45.5 Å². The van der Waals surface area contributed by atoms with Crippen LogP contribution in [-0.2, 0) is 15.7 Å². The molecule has 3 heteroatoms. The summed E-state index contributed by atoms with van der Waals surface area (Å²) in [5.41, 5.74) is 0.882. The van der Waals surface area contributed by atoms with E-state index >= 15 is 0 Å². The van der Waals surface area contributed by atoms with Gasteiger partial charge >= 0.3 is 7.12 Å². The lowest BCUT2D eigenvalue weighted by Crippen LogP contribution is -2.41. The van der Waals surface area contributed by atoms with Crippen LogP contribution in [0.4, 0.5) is 0 Å². The van der Waals surface area contributed by atoms with Crippen LogP contribution in [0.15, 0.2) is 30.3 Å². The predicted molar refractivity (Wildman–Crippen MR) is 80.3 cm³/mol. The Bertz CT molecular complexity index is 398. The lowest BCUT2D eigenvalue weighted by atomic mass is 9.67. The normalized spacial score (nSPS) is 22.5. The summed E-state index contributed by atoms with van der Waals surface area (Å²) < 4.78 is 12.3. The van der Waals surface area contributed by atoms with Crippen molar-refractivity contribution in [2.24, 2.45) is 0 Å².